The molecule has 0 fully saturated rings. The molecule has 4 N–H and O–H groups in total. The fourth-order valence-corrected chi connectivity index (χ4v) is 9.27. The molecular formula is C56H54N4O5. The minimum atomic E-state index is -1.82. The van der Waals surface area contributed by atoms with Crippen LogP contribution in [0.3, 0.4) is 0 Å². The van der Waals surface area contributed by atoms with Crippen molar-refractivity contribution in [2.45, 2.75) is 56.8 Å². The summed E-state index contributed by atoms with van der Waals surface area (Å²) in [4.78, 5) is 46.7. The molecule has 0 saturated heterocycles. The Labute approximate surface area is 379 Å². The van der Waals surface area contributed by atoms with E-state index in [1.807, 2.05) is 141 Å². The zero-order valence-corrected chi connectivity index (χ0v) is 36.6. The smallest absolute Gasteiger partial charge is 0.334 e. The second-order valence-corrected chi connectivity index (χ2v) is 17.2. The van der Waals surface area contributed by atoms with Gasteiger partial charge in [0.05, 0.1) is 24.1 Å². The fraction of sp³-hybridized carbons (Fsp3) is 0.214. The van der Waals surface area contributed by atoms with E-state index >= 15 is 0 Å². The highest BCUT2D eigenvalue weighted by Gasteiger charge is 2.39. The summed E-state index contributed by atoms with van der Waals surface area (Å²) < 4.78 is 2.08. The van der Waals surface area contributed by atoms with Crippen LogP contribution in [0.5, 0.6) is 0 Å². The molecule has 65 heavy (non-hydrogen) atoms. The molecule has 4 atom stereocenters. The molecule has 7 aromatic carbocycles. The zero-order valence-electron chi connectivity index (χ0n) is 36.6. The number of aliphatic carboxylic acids is 1. The van der Waals surface area contributed by atoms with Crippen LogP contribution in [0.25, 0.3) is 21.5 Å². The maximum atomic E-state index is 15.0. The molecule has 0 radical (unpaired) electrons. The van der Waals surface area contributed by atoms with Crippen molar-refractivity contribution >= 4 is 39.2 Å². The van der Waals surface area contributed by atoms with Crippen LogP contribution in [-0.2, 0) is 28.0 Å². The summed E-state index contributed by atoms with van der Waals surface area (Å²) in [6.45, 7) is 3.93. The number of rotatable bonds is 19. The lowest BCUT2D eigenvalue weighted by atomic mass is 9.77. The number of benzene rings is 7. The summed E-state index contributed by atoms with van der Waals surface area (Å²) in [5.41, 5.74) is 4.38. The summed E-state index contributed by atoms with van der Waals surface area (Å²) in [7, 11) is 0. The van der Waals surface area contributed by atoms with Gasteiger partial charge in [0.2, 0.25) is 5.91 Å². The molecule has 1 amide bonds. The minimum absolute atomic E-state index is 0.0260. The van der Waals surface area contributed by atoms with Gasteiger partial charge in [0.25, 0.3) is 0 Å². The van der Waals surface area contributed by atoms with Crippen molar-refractivity contribution in [1.29, 1.82) is 0 Å². The number of carbonyl (C=O) groups is 3. The summed E-state index contributed by atoms with van der Waals surface area (Å²) in [6, 6.07) is 56.4. The highest BCUT2D eigenvalue weighted by atomic mass is 16.4. The van der Waals surface area contributed by atoms with Crippen molar-refractivity contribution in [3.05, 3.63) is 222 Å². The molecule has 8 rings (SSSR count). The molecule has 328 valence electrons. The van der Waals surface area contributed by atoms with Crippen LogP contribution in [0.2, 0.25) is 0 Å². The molecule has 0 spiro atoms. The lowest BCUT2D eigenvalue weighted by Crippen LogP contribution is -2.54. The van der Waals surface area contributed by atoms with Crippen LogP contribution < -0.4 is 10.6 Å². The molecule has 8 aromatic rings. The van der Waals surface area contributed by atoms with Gasteiger partial charge in [-0.05, 0) is 62.6 Å². The number of hydrogen-bond acceptors (Lipinski definition) is 6. The number of aliphatic hydroxyl groups excluding tert-OH is 1. The predicted molar refractivity (Wildman–Crippen MR) is 257 cm³/mol. The average Bonchev–Trinajstić information content (AvgIpc) is 3.81. The lowest BCUT2D eigenvalue weighted by molar-refractivity contribution is -0.149. The third-order valence-electron chi connectivity index (χ3n) is 12.4. The number of fused-ring (bicyclic) bond motifs is 2. The Morgan fingerprint density at radius 2 is 1.17 bits per heavy atom. The number of nitrogens with one attached hydrogen (secondary N) is 2. The van der Waals surface area contributed by atoms with Crippen LogP contribution in [0, 0.1) is 11.8 Å². The van der Waals surface area contributed by atoms with E-state index < -0.39 is 41.5 Å². The standard InChI is InChI=1S/C56H54N4O5/c1-38(2)32-50(53(62)55(64)65)59-54(63)51(34-46-36-60(37-58-46)56(43-23-6-3-7-24-43,44-25-8-4-9-26-44)45-27-10-5-11-28-45)57-35-42(33-41-22-16-20-39-18-12-14-29-47(39)41)52(61)49-31-17-21-40-19-13-15-30-48(40)49/h3-31,36-38,42,50-51,53,57,62H,32-35H2,1-2H3,(H,59,63)(H,64,65). The van der Waals surface area contributed by atoms with Gasteiger partial charge in [-0.1, -0.05) is 190 Å². The topological polar surface area (TPSA) is 134 Å². The van der Waals surface area contributed by atoms with E-state index in [1.165, 1.54) is 0 Å². The number of imidazole rings is 1. The summed E-state index contributed by atoms with van der Waals surface area (Å²) in [5.74, 6) is -2.64. The number of ketones is 1. The van der Waals surface area contributed by atoms with Crippen molar-refractivity contribution in [2.24, 2.45) is 11.8 Å². The fourth-order valence-electron chi connectivity index (χ4n) is 9.27. The van der Waals surface area contributed by atoms with Crippen LogP contribution >= 0.6 is 0 Å². The number of carboxylic acid groups (broad SMARTS) is 1. The number of Topliss-reactive ketones (excluding diaryl/α,β-unsaturated/α-hetero) is 1. The molecule has 9 nitrogen and oxygen atoms in total. The van der Waals surface area contributed by atoms with Gasteiger partial charge in [-0.15, -0.1) is 0 Å². The van der Waals surface area contributed by atoms with E-state index in [-0.39, 0.29) is 31.1 Å². The van der Waals surface area contributed by atoms with Gasteiger partial charge in [0.1, 0.15) is 5.54 Å². The number of aliphatic hydroxyl groups is 1. The Bertz CT molecular complexity index is 2770. The van der Waals surface area contributed by atoms with Crippen LogP contribution in [0.15, 0.2) is 188 Å². The third-order valence-corrected chi connectivity index (χ3v) is 12.4. The van der Waals surface area contributed by atoms with E-state index in [1.54, 1.807) is 6.33 Å². The first kappa shape index (κ1) is 44.4. The molecule has 0 bridgehead atoms. The first-order valence-corrected chi connectivity index (χ1v) is 22.3. The number of nitrogens with zero attached hydrogens (tertiary/aromatic N) is 2. The van der Waals surface area contributed by atoms with Gasteiger partial charge in [-0.2, -0.15) is 0 Å². The van der Waals surface area contributed by atoms with Gasteiger partial charge >= 0.3 is 5.97 Å². The largest absolute Gasteiger partial charge is 0.479 e. The molecule has 1 aromatic heterocycles. The molecule has 9 heteroatoms. The van der Waals surface area contributed by atoms with Gasteiger partial charge < -0.3 is 25.4 Å². The molecule has 4 unspecified atom stereocenters. The number of hydrogen-bond donors (Lipinski definition) is 4. The minimum Gasteiger partial charge on any atom is -0.479 e. The van der Waals surface area contributed by atoms with Gasteiger partial charge in [-0.3, -0.25) is 9.59 Å². The summed E-state index contributed by atoms with van der Waals surface area (Å²) >= 11 is 0. The summed E-state index contributed by atoms with van der Waals surface area (Å²) in [5, 5.41) is 31.0. The zero-order chi connectivity index (χ0) is 45.3. The van der Waals surface area contributed by atoms with Crippen molar-refractivity contribution in [2.75, 3.05) is 6.54 Å². The van der Waals surface area contributed by atoms with Gasteiger partial charge in [0.15, 0.2) is 11.9 Å². The Morgan fingerprint density at radius 1 is 0.646 bits per heavy atom. The first-order chi connectivity index (χ1) is 31.6. The van der Waals surface area contributed by atoms with Crippen molar-refractivity contribution < 1.29 is 24.6 Å². The lowest BCUT2D eigenvalue weighted by Gasteiger charge is -2.37. The molecule has 0 aliphatic rings. The Balaban J connectivity index is 1.19. The molecular weight excluding hydrogens is 809 g/mol. The Hall–Kier alpha value is -7.20. The average molecular weight is 863 g/mol. The maximum absolute atomic E-state index is 15.0. The maximum Gasteiger partial charge on any atom is 0.334 e. The highest BCUT2D eigenvalue weighted by molar-refractivity contribution is 6.09. The number of carbonyl (C=O) groups excluding carboxylic acids is 2. The van der Waals surface area contributed by atoms with E-state index in [4.69, 9.17) is 4.98 Å². The Morgan fingerprint density at radius 3 is 1.75 bits per heavy atom. The van der Waals surface area contributed by atoms with E-state index in [0.717, 1.165) is 43.8 Å². The molecule has 1 heterocycles. The van der Waals surface area contributed by atoms with Crippen molar-refractivity contribution in [1.82, 2.24) is 20.2 Å². The van der Waals surface area contributed by atoms with Crippen molar-refractivity contribution in [3.8, 4) is 0 Å². The summed E-state index contributed by atoms with van der Waals surface area (Å²) in [6.07, 6.45) is 2.64. The van der Waals surface area contributed by atoms with E-state index in [0.29, 0.717) is 17.7 Å². The monoisotopic (exact) mass is 862 g/mol. The number of amides is 1. The van der Waals surface area contributed by atoms with E-state index in [9.17, 15) is 24.6 Å². The second-order valence-electron chi connectivity index (χ2n) is 17.2. The van der Waals surface area contributed by atoms with Gasteiger partial charge in [0, 0.05) is 30.6 Å². The normalized spacial score (nSPS) is 13.6. The van der Waals surface area contributed by atoms with Crippen LogP contribution in [0.1, 0.15) is 58.6 Å². The Kier molecular flexibility index (Phi) is 13.7. The van der Waals surface area contributed by atoms with Crippen LogP contribution in [0.4, 0.5) is 0 Å². The molecule has 0 aliphatic heterocycles. The van der Waals surface area contributed by atoms with Crippen LogP contribution in [-0.4, -0.2) is 62.2 Å². The quantitative estimate of drug-likeness (QED) is 0.0471. The predicted octanol–water partition coefficient (Wildman–Crippen LogP) is 9.25. The van der Waals surface area contributed by atoms with E-state index in [2.05, 4.69) is 69.8 Å². The first-order valence-electron chi connectivity index (χ1n) is 22.3. The number of aromatic nitrogens is 2. The highest BCUT2D eigenvalue weighted by Crippen LogP contribution is 2.41. The number of carboxylic acids is 1. The van der Waals surface area contributed by atoms with Crippen molar-refractivity contribution in [3.63, 3.8) is 0 Å². The van der Waals surface area contributed by atoms with Gasteiger partial charge in [-0.25, -0.2) is 9.78 Å². The SMILES string of the molecule is CC(C)CC(NC(=O)C(Cc1cn(C(c2ccccc2)(c2ccccc2)c2ccccc2)cn1)NCC(Cc1cccc2ccccc12)C(=O)c1cccc2ccccc12)C(O)C(=O)O. The molecule has 0 saturated carbocycles. The third kappa shape index (κ3) is 9.67. The second kappa shape index (κ2) is 20.1. The molecule has 0 aliphatic carbocycles.